The highest BCUT2D eigenvalue weighted by Gasteiger charge is 2.39. The van der Waals surface area contributed by atoms with E-state index < -0.39 is 16.8 Å². The summed E-state index contributed by atoms with van der Waals surface area (Å²) in [5, 5.41) is 0. The number of hydrogen-bond donors (Lipinski definition) is 0. The Morgan fingerprint density at radius 3 is 2.13 bits per heavy atom. The van der Waals surface area contributed by atoms with E-state index >= 15 is 0 Å². The molecule has 0 saturated carbocycles. The summed E-state index contributed by atoms with van der Waals surface area (Å²) in [4.78, 5) is 0. The molecule has 0 aromatic carbocycles. The summed E-state index contributed by atoms with van der Waals surface area (Å²) in [6, 6.07) is 5.24. The third-order valence-corrected chi connectivity index (χ3v) is 14.9. The van der Waals surface area contributed by atoms with Crippen molar-refractivity contribution in [3.8, 4) is 0 Å². The predicted octanol–water partition coefficient (Wildman–Crippen LogP) is 5.38. The minimum Gasteiger partial charge on any atom is -0.420 e. The standard InChI is InChI=1S/C18H41NO2Si2/c1-6-23(7-2,21-4)18-13-11-9-8-10-12-15-19-16-14-17-22(19,5)20-3/h6-18H2,1-5H3. The highest BCUT2D eigenvalue weighted by atomic mass is 28.4. The Bertz CT molecular complexity index is 305. The topological polar surface area (TPSA) is 21.7 Å². The first-order valence-electron chi connectivity index (χ1n) is 9.91. The van der Waals surface area contributed by atoms with Gasteiger partial charge in [-0.3, -0.25) is 0 Å². The Morgan fingerprint density at radius 1 is 0.957 bits per heavy atom. The average Bonchev–Trinajstić information content (AvgIpc) is 2.96. The van der Waals surface area contributed by atoms with Crippen molar-refractivity contribution in [3.05, 3.63) is 0 Å². The van der Waals surface area contributed by atoms with Crippen LogP contribution in [0, 0.1) is 0 Å². The predicted molar refractivity (Wildman–Crippen MR) is 106 cm³/mol. The monoisotopic (exact) mass is 359 g/mol. The zero-order valence-corrected chi connectivity index (χ0v) is 18.5. The van der Waals surface area contributed by atoms with E-state index in [0.717, 1.165) is 0 Å². The average molecular weight is 360 g/mol. The van der Waals surface area contributed by atoms with E-state index in [1.165, 1.54) is 82.2 Å². The van der Waals surface area contributed by atoms with Crippen LogP contribution in [0.4, 0.5) is 0 Å². The second kappa shape index (κ2) is 11.0. The number of hydrogen-bond acceptors (Lipinski definition) is 3. The Labute approximate surface area is 147 Å². The molecule has 0 aromatic heterocycles. The first kappa shape index (κ1) is 21.4. The van der Waals surface area contributed by atoms with Gasteiger partial charge in [-0.15, -0.1) is 0 Å². The van der Waals surface area contributed by atoms with E-state index in [9.17, 15) is 0 Å². The second-order valence-corrected chi connectivity index (χ2v) is 16.0. The van der Waals surface area contributed by atoms with Crippen LogP contribution >= 0.6 is 0 Å². The van der Waals surface area contributed by atoms with E-state index in [2.05, 4.69) is 25.0 Å². The Morgan fingerprint density at radius 2 is 1.57 bits per heavy atom. The molecule has 0 N–H and O–H groups in total. The number of rotatable bonds is 13. The summed E-state index contributed by atoms with van der Waals surface area (Å²) in [5.74, 6) is 0. The van der Waals surface area contributed by atoms with Crippen LogP contribution in [0.3, 0.4) is 0 Å². The van der Waals surface area contributed by atoms with Gasteiger partial charge in [-0.2, -0.15) is 0 Å². The molecule has 0 aliphatic carbocycles. The molecule has 1 unspecified atom stereocenters. The molecular formula is C18H41NO2Si2. The zero-order chi connectivity index (χ0) is 17.2. The Balaban J connectivity index is 2.04. The van der Waals surface area contributed by atoms with E-state index in [4.69, 9.17) is 8.85 Å². The third kappa shape index (κ3) is 6.61. The van der Waals surface area contributed by atoms with Gasteiger partial charge in [-0.05, 0) is 56.7 Å². The SMILES string of the molecule is CC[Si](CC)(CCCCCCCCN1CCC[Si]1(C)OC)OC. The maximum Gasteiger partial charge on any atom is 0.267 e. The van der Waals surface area contributed by atoms with Crippen molar-refractivity contribution >= 4 is 16.8 Å². The van der Waals surface area contributed by atoms with E-state index in [1.807, 2.05) is 14.2 Å². The minimum atomic E-state index is -1.48. The van der Waals surface area contributed by atoms with Gasteiger partial charge in [0.25, 0.3) is 8.48 Å². The molecule has 1 atom stereocenters. The zero-order valence-electron chi connectivity index (χ0n) is 16.5. The lowest BCUT2D eigenvalue weighted by Gasteiger charge is -2.31. The fourth-order valence-electron chi connectivity index (χ4n) is 4.02. The fraction of sp³-hybridized carbons (Fsp3) is 1.00. The summed E-state index contributed by atoms with van der Waals surface area (Å²) in [6.07, 6.45) is 9.66. The fourth-order valence-corrected chi connectivity index (χ4v) is 9.76. The van der Waals surface area contributed by atoms with E-state index in [1.54, 1.807) is 0 Å². The lowest BCUT2D eigenvalue weighted by Crippen LogP contribution is -2.48. The van der Waals surface area contributed by atoms with Gasteiger partial charge >= 0.3 is 0 Å². The summed E-state index contributed by atoms with van der Waals surface area (Å²) in [7, 11) is 1.03. The van der Waals surface area contributed by atoms with Crippen molar-refractivity contribution in [3.63, 3.8) is 0 Å². The highest BCUT2D eigenvalue weighted by Crippen LogP contribution is 2.27. The van der Waals surface area contributed by atoms with Crippen LogP contribution in [-0.4, -0.2) is 48.7 Å². The van der Waals surface area contributed by atoms with Crippen molar-refractivity contribution in [2.75, 3.05) is 27.3 Å². The van der Waals surface area contributed by atoms with E-state index in [0.29, 0.717) is 0 Å². The van der Waals surface area contributed by atoms with Crippen LogP contribution in [-0.2, 0) is 8.85 Å². The maximum atomic E-state index is 5.89. The normalized spacial score (nSPS) is 22.8. The van der Waals surface area contributed by atoms with Gasteiger partial charge in [0, 0.05) is 14.2 Å². The van der Waals surface area contributed by atoms with Crippen LogP contribution < -0.4 is 0 Å². The second-order valence-electron chi connectivity index (χ2n) is 7.44. The summed E-state index contributed by atoms with van der Waals surface area (Å²) in [6.45, 7) is 9.55. The molecule has 1 saturated heterocycles. The molecule has 5 heteroatoms. The number of unbranched alkanes of at least 4 members (excludes halogenated alkanes) is 5. The molecule has 0 spiro atoms. The lowest BCUT2D eigenvalue weighted by molar-refractivity contribution is 0.311. The van der Waals surface area contributed by atoms with Crippen molar-refractivity contribution in [1.82, 2.24) is 4.57 Å². The molecular weight excluding hydrogens is 318 g/mol. The van der Waals surface area contributed by atoms with Crippen molar-refractivity contribution in [1.29, 1.82) is 0 Å². The van der Waals surface area contributed by atoms with Crippen molar-refractivity contribution < 1.29 is 8.85 Å². The van der Waals surface area contributed by atoms with Gasteiger partial charge in [0.1, 0.15) is 0 Å². The lowest BCUT2D eigenvalue weighted by atomic mass is 10.1. The van der Waals surface area contributed by atoms with Gasteiger partial charge in [0.2, 0.25) is 0 Å². The highest BCUT2D eigenvalue weighted by molar-refractivity contribution is 6.73. The van der Waals surface area contributed by atoms with Crippen LogP contribution in [0.25, 0.3) is 0 Å². The van der Waals surface area contributed by atoms with Gasteiger partial charge in [-0.25, -0.2) is 0 Å². The minimum absolute atomic E-state index is 1.27. The first-order valence-corrected chi connectivity index (χ1v) is 15.0. The van der Waals surface area contributed by atoms with Gasteiger partial charge in [0.05, 0.1) is 0 Å². The van der Waals surface area contributed by atoms with Gasteiger partial charge in [-0.1, -0.05) is 46.0 Å². The third-order valence-electron chi connectivity index (χ3n) is 6.21. The molecule has 1 aliphatic rings. The van der Waals surface area contributed by atoms with Crippen LogP contribution in [0.2, 0.25) is 30.7 Å². The van der Waals surface area contributed by atoms with Crippen LogP contribution in [0.5, 0.6) is 0 Å². The van der Waals surface area contributed by atoms with Crippen molar-refractivity contribution in [2.24, 2.45) is 0 Å². The molecule has 1 fully saturated rings. The molecule has 138 valence electrons. The molecule has 1 rings (SSSR count). The Kier molecular flexibility index (Phi) is 10.2. The van der Waals surface area contributed by atoms with Crippen LogP contribution in [0.15, 0.2) is 0 Å². The summed E-state index contributed by atoms with van der Waals surface area (Å²) < 4.78 is 14.4. The number of nitrogens with zero attached hydrogens (tertiary/aromatic N) is 1. The quantitative estimate of drug-likeness (QED) is 0.325. The maximum absolute atomic E-state index is 5.89. The molecule has 1 heterocycles. The Hall–Kier alpha value is 0.314. The van der Waals surface area contributed by atoms with Gasteiger partial charge < -0.3 is 13.4 Å². The van der Waals surface area contributed by atoms with Crippen molar-refractivity contribution in [2.45, 2.75) is 89.5 Å². The molecule has 0 amide bonds. The first-order chi connectivity index (χ1) is 11.1. The summed E-state index contributed by atoms with van der Waals surface area (Å²) >= 11 is 0. The molecule has 3 nitrogen and oxygen atoms in total. The largest absolute Gasteiger partial charge is 0.420 e. The smallest absolute Gasteiger partial charge is 0.267 e. The molecule has 1 aliphatic heterocycles. The molecule has 0 radical (unpaired) electrons. The summed E-state index contributed by atoms with van der Waals surface area (Å²) in [5.41, 5.74) is 0. The molecule has 23 heavy (non-hydrogen) atoms. The van der Waals surface area contributed by atoms with E-state index in [-0.39, 0.29) is 0 Å². The molecule has 0 bridgehead atoms. The molecule has 0 aromatic rings. The van der Waals surface area contributed by atoms with Gasteiger partial charge in [0.15, 0.2) is 8.32 Å². The van der Waals surface area contributed by atoms with Crippen LogP contribution in [0.1, 0.15) is 58.8 Å².